The molecule has 0 aliphatic rings. The highest BCUT2D eigenvalue weighted by Gasteiger charge is 2.22. The molecule has 6 nitrogen and oxygen atoms in total. The minimum Gasteiger partial charge on any atom is -0.481 e. The molecular formula is C14H21NO5. The number of nitrogens with zero attached hydrogens (tertiary/aromatic N) is 1. The summed E-state index contributed by atoms with van der Waals surface area (Å²) in [5, 5.41) is 8.65. The van der Waals surface area contributed by atoms with Crippen molar-refractivity contribution >= 4 is 12.1 Å². The zero-order valence-electron chi connectivity index (χ0n) is 12.1. The summed E-state index contributed by atoms with van der Waals surface area (Å²) in [6.07, 6.45) is 1.44. The van der Waals surface area contributed by atoms with Crippen LogP contribution in [0.1, 0.15) is 39.4 Å². The van der Waals surface area contributed by atoms with Gasteiger partial charge < -0.3 is 19.2 Å². The fraction of sp³-hybridized carbons (Fsp3) is 0.571. The second-order valence-corrected chi connectivity index (χ2v) is 5.48. The van der Waals surface area contributed by atoms with Crippen molar-refractivity contribution < 1.29 is 23.8 Å². The van der Waals surface area contributed by atoms with E-state index in [1.165, 1.54) is 11.2 Å². The lowest BCUT2D eigenvalue weighted by atomic mass is 10.2. The van der Waals surface area contributed by atoms with Crippen LogP contribution in [0.2, 0.25) is 0 Å². The first-order valence-corrected chi connectivity index (χ1v) is 6.50. The van der Waals surface area contributed by atoms with E-state index in [-0.39, 0.29) is 13.0 Å². The quantitative estimate of drug-likeness (QED) is 0.868. The van der Waals surface area contributed by atoms with Crippen LogP contribution in [0.4, 0.5) is 4.79 Å². The molecule has 1 aromatic heterocycles. The van der Waals surface area contributed by atoms with Crippen LogP contribution in [-0.2, 0) is 16.1 Å². The molecule has 1 rings (SSSR count). The molecule has 0 radical (unpaired) electrons. The maximum absolute atomic E-state index is 12.1. The van der Waals surface area contributed by atoms with E-state index < -0.39 is 17.7 Å². The van der Waals surface area contributed by atoms with Gasteiger partial charge in [-0.2, -0.15) is 0 Å². The van der Waals surface area contributed by atoms with Gasteiger partial charge in [-0.3, -0.25) is 4.79 Å². The summed E-state index contributed by atoms with van der Waals surface area (Å²) in [5.41, 5.74) is -0.592. The third-order valence-electron chi connectivity index (χ3n) is 2.40. The summed E-state index contributed by atoms with van der Waals surface area (Å²) in [6.45, 7) is 5.93. The molecule has 0 fully saturated rings. The van der Waals surface area contributed by atoms with Gasteiger partial charge in [0.2, 0.25) is 0 Å². The minimum atomic E-state index is -0.882. The van der Waals surface area contributed by atoms with Gasteiger partial charge in [0.25, 0.3) is 0 Å². The number of carboxylic acid groups (broad SMARTS) is 1. The number of carbonyl (C=O) groups excluding carboxylic acids is 1. The lowest BCUT2D eigenvalue weighted by Crippen LogP contribution is -2.37. The summed E-state index contributed by atoms with van der Waals surface area (Å²) in [6, 6.07) is 3.49. The van der Waals surface area contributed by atoms with Crippen molar-refractivity contribution in [1.82, 2.24) is 4.90 Å². The van der Waals surface area contributed by atoms with E-state index in [1.54, 1.807) is 32.9 Å². The van der Waals surface area contributed by atoms with Crippen LogP contribution in [0.3, 0.4) is 0 Å². The third-order valence-corrected chi connectivity index (χ3v) is 2.40. The van der Waals surface area contributed by atoms with Gasteiger partial charge in [0.15, 0.2) is 0 Å². The summed E-state index contributed by atoms with van der Waals surface area (Å²) in [7, 11) is 0. The van der Waals surface area contributed by atoms with Crippen molar-refractivity contribution in [2.24, 2.45) is 0 Å². The van der Waals surface area contributed by atoms with E-state index in [4.69, 9.17) is 14.3 Å². The van der Waals surface area contributed by atoms with Crippen LogP contribution in [-0.4, -0.2) is 34.2 Å². The van der Waals surface area contributed by atoms with E-state index >= 15 is 0 Å². The normalized spacial score (nSPS) is 11.2. The van der Waals surface area contributed by atoms with Gasteiger partial charge in [-0.25, -0.2) is 4.79 Å². The number of amides is 1. The lowest BCUT2D eigenvalue weighted by Gasteiger charge is -2.26. The first-order chi connectivity index (χ1) is 9.28. The maximum Gasteiger partial charge on any atom is 0.410 e. The second kappa shape index (κ2) is 6.98. The first-order valence-electron chi connectivity index (χ1n) is 6.50. The number of aliphatic carboxylic acids is 1. The van der Waals surface area contributed by atoms with Gasteiger partial charge in [-0.15, -0.1) is 0 Å². The van der Waals surface area contributed by atoms with Gasteiger partial charge >= 0.3 is 12.1 Å². The van der Waals surface area contributed by atoms with Crippen LogP contribution < -0.4 is 0 Å². The predicted molar refractivity (Wildman–Crippen MR) is 72.2 cm³/mol. The van der Waals surface area contributed by atoms with Crippen molar-refractivity contribution in [2.75, 3.05) is 6.54 Å². The van der Waals surface area contributed by atoms with Gasteiger partial charge in [-0.05, 0) is 39.3 Å². The summed E-state index contributed by atoms with van der Waals surface area (Å²) < 4.78 is 10.5. The zero-order chi connectivity index (χ0) is 15.2. The first kappa shape index (κ1) is 16.1. The van der Waals surface area contributed by atoms with Gasteiger partial charge in [0, 0.05) is 13.0 Å². The average molecular weight is 283 g/mol. The smallest absolute Gasteiger partial charge is 0.410 e. The third kappa shape index (κ3) is 6.26. The van der Waals surface area contributed by atoms with Crippen molar-refractivity contribution in [2.45, 2.75) is 45.8 Å². The molecule has 6 heteroatoms. The van der Waals surface area contributed by atoms with Gasteiger partial charge in [-0.1, -0.05) is 0 Å². The molecule has 0 unspecified atom stereocenters. The SMILES string of the molecule is CC(C)(C)OC(=O)N(CCCC(=O)O)Cc1ccco1. The number of ether oxygens (including phenoxy) is 1. The number of carboxylic acids is 1. The molecule has 0 spiro atoms. The molecule has 1 heterocycles. The molecule has 0 saturated heterocycles. The predicted octanol–water partition coefficient (Wildman–Crippen LogP) is 2.88. The second-order valence-electron chi connectivity index (χ2n) is 5.48. The van der Waals surface area contributed by atoms with Crippen LogP contribution in [0.5, 0.6) is 0 Å². The summed E-state index contributed by atoms with van der Waals surface area (Å²) in [5.74, 6) is -0.252. The van der Waals surface area contributed by atoms with E-state index in [0.717, 1.165) is 0 Å². The topological polar surface area (TPSA) is 80.0 Å². The molecule has 0 aliphatic heterocycles. The molecule has 0 atom stereocenters. The van der Waals surface area contributed by atoms with Crippen molar-refractivity contribution in [3.8, 4) is 0 Å². The van der Waals surface area contributed by atoms with E-state index in [9.17, 15) is 9.59 Å². The van der Waals surface area contributed by atoms with Crippen molar-refractivity contribution in [3.05, 3.63) is 24.2 Å². The van der Waals surface area contributed by atoms with E-state index in [1.807, 2.05) is 0 Å². The maximum atomic E-state index is 12.1. The van der Waals surface area contributed by atoms with Gasteiger partial charge in [0.05, 0.1) is 12.8 Å². The van der Waals surface area contributed by atoms with Crippen LogP contribution in [0, 0.1) is 0 Å². The minimum absolute atomic E-state index is 0.0114. The molecule has 0 saturated carbocycles. The number of furan rings is 1. The molecule has 0 bridgehead atoms. The Bertz CT molecular complexity index is 433. The fourth-order valence-electron chi connectivity index (χ4n) is 1.57. The molecule has 1 N–H and O–H groups in total. The monoisotopic (exact) mass is 283 g/mol. The lowest BCUT2D eigenvalue weighted by molar-refractivity contribution is -0.137. The van der Waals surface area contributed by atoms with Crippen LogP contribution in [0.15, 0.2) is 22.8 Å². The number of rotatable bonds is 6. The van der Waals surface area contributed by atoms with Crippen LogP contribution in [0.25, 0.3) is 0 Å². The van der Waals surface area contributed by atoms with Crippen molar-refractivity contribution in [1.29, 1.82) is 0 Å². The molecule has 20 heavy (non-hydrogen) atoms. The van der Waals surface area contributed by atoms with Gasteiger partial charge in [0.1, 0.15) is 11.4 Å². The summed E-state index contributed by atoms with van der Waals surface area (Å²) >= 11 is 0. The molecule has 112 valence electrons. The average Bonchev–Trinajstić information content (AvgIpc) is 2.77. The van der Waals surface area contributed by atoms with Crippen molar-refractivity contribution in [3.63, 3.8) is 0 Å². The zero-order valence-corrected chi connectivity index (χ0v) is 12.1. The Labute approximate surface area is 118 Å². The Kier molecular flexibility index (Phi) is 5.61. The van der Waals surface area contributed by atoms with E-state index in [0.29, 0.717) is 18.7 Å². The molecule has 0 aromatic carbocycles. The Balaban J connectivity index is 2.62. The summed E-state index contributed by atoms with van der Waals surface area (Å²) in [4.78, 5) is 24.1. The fourth-order valence-corrected chi connectivity index (χ4v) is 1.57. The molecule has 1 amide bonds. The number of hydrogen-bond donors (Lipinski definition) is 1. The molecule has 1 aromatic rings. The molecular weight excluding hydrogens is 262 g/mol. The highest BCUT2D eigenvalue weighted by atomic mass is 16.6. The van der Waals surface area contributed by atoms with Crippen LogP contribution >= 0.6 is 0 Å². The Morgan fingerprint density at radius 1 is 1.40 bits per heavy atom. The largest absolute Gasteiger partial charge is 0.481 e. The Hall–Kier alpha value is -1.98. The Morgan fingerprint density at radius 3 is 2.60 bits per heavy atom. The van der Waals surface area contributed by atoms with E-state index in [2.05, 4.69) is 0 Å². The number of hydrogen-bond acceptors (Lipinski definition) is 4. The molecule has 0 aliphatic carbocycles. The standard InChI is InChI=1S/C14H21NO5/c1-14(2,3)20-13(18)15(8-4-7-12(16)17)10-11-6-5-9-19-11/h5-6,9H,4,7-8,10H2,1-3H3,(H,16,17). The number of carbonyl (C=O) groups is 2. The highest BCUT2D eigenvalue weighted by Crippen LogP contribution is 2.13. The Morgan fingerprint density at radius 2 is 2.10 bits per heavy atom. The highest BCUT2D eigenvalue weighted by molar-refractivity contribution is 5.68.